The average Bonchev–Trinajstić information content (AvgIpc) is 2.17. The van der Waals surface area contributed by atoms with Crippen molar-refractivity contribution in [3.63, 3.8) is 0 Å². The number of aromatic nitrogens is 1. The Balaban J connectivity index is 2.74. The molecule has 1 aromatic heterocycles. The minimum absolute atomic E-state index is 0.434. The number of hydrogen-bond donors (Lipinski definition) is 0. The quantitative estimate of drug-likeness (QED) is 0.657. The number of pyridine rings is 1. The van der Waals surface area contributed by atoms with E-state index >= 15 is 0 Å². The molecule has 0 aliphatic heterocycles. The fourth-order valence-corrected chi connectivity index (χ4v) is 1.76. The summed E-state index contributed by atoms with van der Waals surface area (Å²) >= 11 is 11.7. The summed E-state index contributed by atoms with van der Waals surface area (Å²) < 4.78 is 0. The smallest absolute Gasteiger partial charge is 0.0716 e. The van der Waals surface area contributed by atoms with Crippen LogP contribution >= 0.6 is 23.2 Å². The predicted molar refractivity (Wildman–Crippen MR) is 56.3 cm³/mol. The van der Waals surface area contributed by atoms with Gasteiger partial charge in [-0.2, -0.15) is 0 Å². The molecular weight excluding hydrogens is 205 g/mol. The summed E-state index contributed by atoms with van der Waals surface area (Å²) in [5.41, 5.74) is 1.85. The van der Waals surface area contributed by atoms with E-state index in [4.69, 9.17) is 23.2 Å². The van der Waals surface area contributed by atoms with Gasteiger partial charge in [-0.25, -0.2) is 0 Å². The Kier molecular flexibility index (Phi) is 2.38. The van der Waals surface area contributed by atoms with Gasteiger partial charge >= 0.3 is 0 Å². The lowest BCUT2D eigenvalue weighted by atomic mass is 10.1. The molecule has 0 unspecified atom stereocenters. The topological polar surface area (TPSA) is 12.9 Å². The zero-order valence-electron chi connectivity index (χ0n) is 6.80. The Bertz CT molecular complexity index is 440. The number of rotatable bonds is 1. The van der Waals surface area contributed by atoms with Gasteiger partial charge in [0.05, 0.1) is 5.52 Å². The number of benzene rings is 1. The summed E-state index contributed by atoms with van der Waals surface area (Å²) in [4.78, 5) is 4.19. The fourth-order valence-electron chi connectivity index (χ4n) is 1.24. The van der Waals surface area contributed by atoms with Crippen molar-refractivity contribution in [1.82, 2.24) is 4.98 Å². The lowest BCUT2D eigenvalue weighted by molar-refractivity contribution is 1.37. The molecule has 2 rings (SSSR count). The summed E-state index contributed by atoms with van der Waals surface area (Å²) in [6, 6.07) is 7.70. The van der Waals surface area contributed by atoms with Crippen molar-refractivity contribution in [2.24, 2.45) is 0 Å². The van der Waals surface area contributed by atoms with Crippen molar-refractivity contribution in [3.05, 3.63) is 41.0 Å². The van der Waals surface area contributed by atoms with Crippen molar-refractivity contribution in [3.8, 4) is 0 Å². The van der Waals surface area contributed by atoms with Crippen LogP contribution in [-0.2, 0) is 5.88 Å². The van der Waals surface area contributed by atoms with Gasteiger partial charge in [-0.1, -0.05) is 17.7 Å². The summed E-state index contributed by atoms with van der Waals surface area (Å²) in [5, 5.41) is 1.75. The van der Waals surface area contributed by atoms with Crippen LogP contribution in [0.4, 0.5) is 0 Å². The van der Waals surface area contributed by atoms with E-state index < -0.39 is 0 Å². The van der Waals surface area contributed by atoms with Gasteiger partial charge in [0.15, 0.2) is 0 Å². The maximum Gasteiger partial charge on any atom is 0.0716 e. The molecule has 0 aliphatic carbocycles. The van der Waals surface area contributed by atoms with E-state index in [1.807, 2.05) is 24.3 Å². The maximum atomic E-state index is 5.98. The molecule has 0 N–H and O–H groups in total. The van der Waals surface area contributed by atoms with Crippen LogP contribution in [0.5, 0.6) is 0 Å². The molecule has 1 nitrogen and oxygen atoms in total. The minimum atomic E-state index is 0.434. The van der Waals surface area contributed by atoms with E-state index in [0.717, 1.165) is 16.5 Å². The molecule has 1 heterocycles. The molecule has 66 valence electrons. The van der Waals surface area contributed by atoms with Gasteiger partial charge in [0.2, 0.25) is 0 Å². The highest BCUT2D eigenvalue weighted by Crippen LogP contribution is 2.23. The van der Waals surface area contributed by atoms with Gasteiger partial charge in [-0.15, -0.1) is 11.6 Å². The SMILES string of the molecule is ClCc1cc2cccnc2cc1Cl. The Labute approximate surface area is 86.3 Å². The Morgan fingerprint density at radius 2 is 2.15 bits per heavy atom. The van der Waals surface area contributed by atoms with Gasteiger partial charge < -0.3 is 0 Å². The van der Waals surface area contributed by atoms with Crippen molar-refractivity contribution in [2.45, 2.75) is 5.88 Å². The molecule has 2 aromatic rings. The number of nitrogens with zero attached hydrogens (tertiary/aromatic N) is 1. The lowest BCUT2D eigenvalue weighted by Crippen LogP contribution is -1.83. The first-order valence-electron chi connectivity index (χ1n) is 3.90. The van der Waals surface area contributed by atoms with Gasteiger partial charge in [-0.05, 0) is 23.8 Å². The zero-order chi connectivity index (χ0) is 9.26. The summed E-state index contributed by atoms with van der Waals surface area (Å²) in [6.07, 6.45) is 1.75. The number of fused-ring (bicyclic) bond motifs is 1. The van der Waals surface area contributed by atoms with Crippen LogP contribution in [0.25, 0.3) is 10.9 Å². The Morgan fingerprint density at radius 3 is 2.92 bits per heavy atom. The highest BCUT2D eigenvalue weighted by atomic mass is 35.5. The maximum absolute atomic E-state index is 5.98. The predicted octanol–water partition coefficient (Wildman–Crippen LogP) is 3.63. The number of alkyl halides is 1. The third-order valence-electron chi connectivity index (χ3n) is 1.92. The summed E-state index contributed by atoms with van der Waals surface area (Å²) in [6.45, 7) is 0. The molecule has 0 saturated heterocycles. The molecule has 13 heavy (non-hydrogen) atoms. The van der Waals surface area contributed by atoms with Crippen LogP contribution in [0.2, 0.25) is 5.02 Å². The van der Waals surface area contributed by atoms with Gasteiger partial charge in [-0.3, -0.25) is 4.98 Å². The Morgan fingerprint density at radius 1 is 1.31 bits per heavy atom. The van der Waals surface area contributed by atoms with Gasteiger partial charge in [0.25, 0.3) is 0 Å². The third-order valence-corrected chi connectivity index (χ3v) is 2.55. The van der Waals surface area contributed by atoms with E-state index in [1.54, 1.807) is 6.20 Å². The number of hydrogen-bond acceptors (Lipinski definition) is 1. The second-order valence-corrected chi connectivity index (χ2v) is 3.45. The highest BCUT2D eigenvalue weighted by molar-refractivity contribution is 6.33. The van der Waals surface area contributed by atoms with E-state index in [1.165, 1.54) is 0 Å². The molecule has 0 aliphatic rings. The largest absolute Gasteiger partial charge is 0.256 e. The van der Waals surface area contributed by atoms with E-state index in [9.17, 15) is 0 Å². The monoisotopic (exact) mass is 211 g/mol. The summed E-state index contributed by atoms with van der Waals surface area (Å²) in [7, 11) is 0. The van der Waals surface area contributed by atoms with Crippen LogP contribution in [0, 0.1) is 0 Å². The van der Waals surface area contributed by atoms with Gasteiger partial charge in [0, 0.05) is 22.5 Å². The molecule has 0 saturated carbocycles. The van der Waals surface area contributed by atoms with Crippen LogP contribution in [-0.4, -0.2) is 4.98 Å². The van der Waals surface area contributed by atoms with Crippen LogP contribution < -0.4 is 0 Å². The number of halogens is 2. The molecule has 0 fully saturated rings. The zero-order valence-corrected chi connectivity index (χ0v) is 8.31. The molecule has 0 atom stereocenters. The van der Waals surface area contributed by atoms with Crippen LogP contribution in [0.15, 0.2) is 30.5 Å². The highest BCUT2D eigenvalue weighted by Gasteiger charge is 2.01. The summed E-state index contributed by atoms with van der Waals surface area (Å²) in [5.74, 6) is 0.434. The molecule has 0 radical (unpaired) electrons. The van der Waals surface area contributed by atoms with Crippen molar-refractivity contribution in [2.75, 3.05) is 0 Å². The second-order valence-electron chi connectivity index (χ2n) is 2.77. The molecule has 0 bridgehead atoms. The van der Waals surface area contributed by atoms with E-state index in [2.05, 4.69) is 4.98 Å². The van der Waals surface area contributed by atoms with E-state index in [0.29, 0.717) is 10.9 Å². The molecule has 0 amide bonds. The van der Waals surface area contributed by atoms with Crippen molar-refractivity contribution >= 4 is 34.1 Å². The molecule has 0 spiro atoms. The Hall–Kier alpha value is -0.790. The van der Waals surface area contributed by atoms with Crippen LogP contribution in [0.3, 0.4) is 0 Å². The third kappa shape index (κ3) is 1.62. The van der Waals surface area contributed by atoms with Crippen LogP contribution in [0.1, 0.15) is 5.56 Å². The normalized spacial score (nSPS) is 10.6. The first kappa shape index (κ1) is 8.79. The lowest BCUT2D eigenvalue weighted by Gasteiger charge is -2.02. The fraction of sp³-hybridized carbons (Fsp3) is 0.100. The molecular formula is C10H7Cl2N. The minimum Gasteiger partial charge on any atom is -0.256 e. The molecule has 3 heteroatoms. The van der Waals surface area contributed by atoms with Crippen molar-refractivity contribution in [1.29, 1.82) is 0 Å². The average molecular weight is 212 g/mol. The second kappa shape index (κ2) is 3.52. The van der Waals surface area contributed by atoms with E-state index in [-0.39, 0.29) is 0 Å². The van der Waals surface area contributed by atoms with Gasteiger partial charge in [0.1, 0.15) is 0 Å². The first-order valence-corrected chi connectivity index (χ1v) is 4.81. The standard InChI is InChI=1S/C10H7Cl2N/c11-6-8-4-7-2-1-3-13-10(7)5-9(8)12/h1-5H,6H2. The first-order chi connectivity index (χ1) is 6.31. The molecule has 1 aromatic carbocycles. The van der Waals surface area contributed by atoms with Crippen molar-refractivity contribution < 1.29 is 0 Å².